The number of nitrogens with one attached hydrogen (secondary N) is 2. The average molecular weight is 481 g/mol. The molecule has 10 heteroatoms. The number of ether oxygens (including phenoxy) is 1. The van der Waals surface area contributed by atoms with Crippen molar-refractivity contribution >= 4 is 17.2 Å². The monoisotopic (exact) mass is 480 g/mol. The summed E-state index contributed by atoms with van der Waals surface area (Å²) < 4.78 is 19.9. The van der Waals surface area contributed by atoms with E-state index in [1.807, 2.05) is 29.6 Å². The lowest BCUT2D eigenvalue weighted by Gasteiger charge is -2.08. The number of thiazole rings is 1. The van der Waals surface area contributed by atoms with Gasteiger partial charge in [-0.1, -0.05) is 18.2 Å². The van der Waals surface area contributed by atoms with Gasteiger partial charge in [0.2, 0.25) is 0 Å². The molecule has 0 saturated carbocycles. The molecule has 4 rings (SSSR count). The van der Waals surface area contributed by atoms with Crippen LogP contribution in [0.1, 0.15) is 21.6 Å². The molecule has 0 radical (unpaired) electrons. The van der Waals surface area contributed by atoms with Crippen LogP contribution in [-0.4, -0.2) is 34.1 Å². The Bertz CT molecular complexity index is 1430. The molecule has 2 aromatic heterocycles. The molecule has 0 atom stereocenters. The Morgan fingerprint density at radius 2 is 1.94 bits per heavy atom. The number of carbonyl (C=O) groups is 1. The maximum Gasteiger partial charge on any atom is 0.328 e. The van der Waals surface area contributed by atoms with Crippen LogP contribution in [0.4, 0.5) is 4.39 Å². The molecule has 0 saturated heterocycles. The molecule has 0 aliphatic rings. The fourth-order valence-corrected chi connectivity index (χ4v) is 4.16. The second-order valence-corrected chi connectivity index (χ2v) is 8.23. The Balaban J connectivity index is 1.41. The number of benzene rings is 2. The van der Waals surface area contributed by atoms with Crippen LogP contribution in [0, 0.1) is 5.82 Å². The topological polar surface area (TPSA) is 106 Å². The molecule has 2 N–H and O–H groups in total. The van der Waals surface area contributed by atoms with E-state index < -0.39 is 23.0 Å². The van der Waals surface area contributed by atoms with Gasteiger partial charge in [-0.05, 0) is 30.3 Å². The van der Waals surface area contributed by atoms with Crippen molar-refractivity contribution in [2.24, 2.45) is 0 Å². The fourth-order valence-electron chi connectivity index (χ4n) is 3.30. The van der Waals surface area contributed by atoms with E-state index in [0.717, 1.165) is 32.8 Å². The number of carbonyl (C=O) groups excluding carboxylic acids is 1. The number of hydrogen-bond donors (Lipinski definition) is 2. The van der Waals surface area contributed by atoms with Crippen LogP contribution in [0.3, 0.4) is 0 Å². The van der Waals surface area contributed by atoms with Gasteiger partial charge >= 0.3 is 5.69 Å². The summed E-state index contributed by atoms with van der Waals surface area (Å²) in [4.78, 5) is 44.4. The first-order valence-electron chi connectivity index (χ1n) is 10.4. The first-order chi connectivity index (χ1) is 16.5. The lowest BCUT2D eigenvalue weighted by atomic mass is 10.2. The predicted octanol–water partition coefficient (Wildman–Crippen LogP) is 2.83. The molecule has 0 aliphatic carbocycles. The molecule has 0 bridgehead atoms. The summed E-state index contributed by atoms with van der Waals surface area (Å²) in [7, 11) is 1.61. The van der Waals surface area contributed by atoms with E-state index in [9.17, 15) is 18.8 Å². The van der Waals surface area contributed by atoms with Crippen LogP contribution < -0.4 is 21.3 Å². The molecule has 0 fully saturated rings. The van der Waals surface area contributed by atoms with E-state index in [-0.39, 0.29) is 24.2 Å². The average Bonchev–Trinajstić information content (AvgIpc) is 3.32. The van der Waals surface area contributed by atoms with Crippen molar-refractivity contribution in [3.05, 3.63) is 104 Å². The Morgan fingerprint density at radius 1 is 1.18 bits per heavy atom. The summed E-state index contributed by atoms with van der Waals surface area (Å²) in [6.45, 7) is -0.0363. The third-order valence-corrected chi connectivity index (χ3v) is 6.09. The molecule has 0 unspecified atom stereocenters. The predicted molar refractivity (Wildman–Crippen MR) is 127 cm³/mol. The molecule has 0 aliphatic heterocycles. The number of halogens is 1. The molecule has 8 nitrogen and oxygen atoms in total. The minimum absolute atomic E-state index is 0.170. The van der Waals surface area contributed by atoms with Crippen LogP contribution in [-0.2, 0) is 13.0 Å². The van der Waals surface area contributed by atoms with Crippen molar-refractivity contribution in [3.63, 3.8) is 0 Å². The molecule has 2 aromatic carbocycles. The van der Waals surface area contributed by atoms with E-state index in [1.165, 1.54) is 29.5 Å². The summed E-state index contributed by atoms with van der Waals surface area (Å²) in [5, 5.41) is 5.43. The first-order valence-corrected chi connectivity index (χ1v) is 11.3. The summed E-state index contributed by atoms with van der Waals surface area (Å²) in [5.74, 6) is -0.409. The zero-order valence-electron chi connectivity index (χ0n) is 18.2. The van der Waals surface area contributed by atoms with Crippen molar-refractivity contribution < 1.29 is 13.9 Å². The lowest BCUT2D eigenvalue weighted by molar-refractivity contribution is 0.0951. The molecule has 174 valence electrons. The lowest BCUT2D eigenvalue weighted by Crippen LogP contribution is -2.41. The van der Waals surface area contributed by atoms with Crippen molar-refractivity contribution in [2.45, 2.75) is 13.0 Å². The Labute approximate surface area is 197 Å². The largest absolute Gasteiger partial charge is 0.497 e. The fraction of sp³-hybridized carbons (Fsp3) is 0.167. The third-order valence-electron chi connectivity index (χ3n) is 5.15. The summed E-state index contributed by atoms with van der Waals surface area (Å²) in [6.07, 6.45) is 1.54. The highest BCUT2D eigenvalue weighted by Gasteiger charge is 2.16. The SMILES string of the molecule is COc1ccc(-c2nc(CCNC(=O)c3c[nH]c(=O)n(Cc4ccccc4F)c3=O)cs2)cc1. The molecule has 34 heavy (non-hydrogen) atoms. The molecular weight excluding hydrogens is 459 g/mol. The number of aromatic amines is 1. The van der Waals surface area contributed by atoms with Crippen molar-refractivity contribution in [1.29, 1.82) is 0 Å². The Morgan fingerprint density at radius 3 is 2.68 bits per heavy atom. The van der Waals surface area contributed by atoms with Crippen molar-refractivity contribution in [3.8, 4) is 16.3 Å². The Kier molecular flexibility index (Phi) is 6.98. The first kappa shape index (κ1) is 23.1. The number of aromatic nitrogens is 3. The number of amides is 1. The van der Waals surface area contributed by atoms with E-state index in [4.69, 9.17) is 4.74 Å². The zero-order valence-corrected chi connectivity index (χ0v) is 19.0. The van der Waals surface area contributed by atoms with Gasteiger partial charge in [0.15, 0.2) is 0 Å². The standard InChI is InChI=1S/C24H21FN4O4S/c1-33-18-8-6-15(7-9-18)22-28-17(14-34-22)10-11-26-21(30)19-12-27-24(32)29(23(19)31)13-16-4-2-3-5-20(16)25/h2-9,12,14H,10-11,13H2,1H3,(H,26,30)(H,27,32). The Hall–Kier alpha value is -4.05. The number of methoxy groups -OCH3 is 1. The van der Waals surface area contributed by atoms with E-state index in [2.05, 4.69) is 15.3 Å². The van der Waals surface area contributed by atoms with Crippen LogP contribution in [0.5, 0.6) is 5.75 Å². The van der Waals surface area contributed by atoms with E-state index >= 15 is 0 Å². The highest BCUT2D eigenvalue weighted by atomic mass is 32.1. The zero-order chi connectivity index (χ0) is 24.1. The van der Waals surface area contributed by atoms with Gasteiger partial charge in [0.05, 0.1) is 19.3 Å². The molecule has 0 spiro atoms. The summed E-state index contributed by atoms with van der Waals surface area (Å²) in [6, 6.07) is 13.4. The minimum atomic E-state index is -0.792. The summed E-state index contributed by atoms with van der Waals surface area (Å²) in [5.41, 5.74) is 0.189. The number of hydrogen-bond acceptors (Lipinski definition) is 6. The van der Waals surface area contributed by atoms with Gasteiger partial charge in [-0.3, -0.25) is 14.2 Å². The van der Waals surface area contributed by atoms with E-state index in [1.54, 1.807) is 13.2 Å². The third kappa shape index (κ3) is 5.12. The van der Waals surface area contributed by atoms with Gasteiger partial charge < -0.3 is 15.0 Å². The maximum atomic E-state index is 14.0. The number of nitrogens with zero attached hydrogens (tertiary/aromatic N) is 2. The molecular formula is C24H21FN4O4S. The van der Waals surface area contributed by atoms with Crippen LogP contribution in [0.2, 0.25) is 0 Å². The molecule has 4 aromatic rings. The smallest absolute Gasteiger partial charge is 0.328 e. The second-order valence-electron chi connectivity index (χ2n) is 7.37. The van der Waals surface area contributed by atoms with Gasteiger partial charge in [0.1, 0.15) is 22.1 Å². The highest BCUT2D eigenvalue weighted by Crippen LogP contribution is 2.25. The van der Waals surface area contributed by atoms with Gasteiger partial charge in [0, 0.05) is 35.7 Å². The normalized spacial score (nSPS) is 10.8. The molecule has 2 heterocycles. The minimum Gasteiger partial charge on any atom is -0.497 e. The van der Waals surface area contributed by atoms with E-state index in [0.29, 0.717) is 6.42 Å². The van der Waals surface area contributed by atoms with Crippen LogP contribution in [0.15, 0.2) is 69.7 Å². The van der Waals surface area contributed by atoms with Gasteiger partial charge in [-0.15, -0.1) is 11.3 Å². The van der Waals surface area contributed by atoms with Gasteiger partial charge in [-0.25, -0.2) is 14.2 Å². The second kappa shape index (κ2) is 10.3. The van der Waals surface area contributed by atoms with Crippen LogP contribution in [0.25, 0.3) is 10.6 Å². The van der Waals surface area contributed by atoms with Crippen LogP contribution >= 0.6 is 11.3 Å². The summed E-state index contributed by atoms with van der Waals surface area (Å²) >= 11 is 1.49. The molecule has 1 amide bonds. The van der Waals surface area contributed by atoms with Gasteiger partial charge in [-0.2, -0.15) is 0 Å². The quantitative estimate of drug-likeness (QED) is 0.403. The number of H-pyrrole nitrogens is 1. The van der Waals surface area contributed by atoms with Crippen molar-refractivity contribution in [1.82, 2.24) is 19.9 Å². The van der Waals surface area contributed by atoms with Gasteiger partial charge in [0.25, 0.3) is 11.5 Å². The van der Waals surface area contributed by atoms with Crippen molar-refractivity contribution in [2.75, 3.05) is 13.7 Å². The highest BCUT2D eigenvalue weighted by molar-refractivity contribution is 7.13. The maximum absolute atomic E-state index is 14.0. The number of rotatable bonds is 8.